The fraction of sp³-hybridized carbons (Fsp3) is 0.429. The van der Waals surface area contributed by atoms with Crippen molar-refractivity contribution in [3.63, 3.8) is 0 Å². The second-order valence-corrected chi connectivity index (χ2v) is 4.75. The summed E-state index contributed by atoms with van der Waals surface area (Å²) in [5.74, 6) is -0.992. The van der Waals surface area contributed by atoms with Crippen LogP contribution in [0.4, 0.5) is 0 Å². The summed E-state index contributed by atoms with van der Waals surface area (Å²) in [6.07, 6.45) is 1.62. The average molecular weight is 247 g/mol. The SMILES string of the molecule is Cc1ccc(CC(=O)N2CCC[C@H]2C(=O)O)cc1. The van der Waals surface area contributed by atoms with E-state index in [2.05, 4.69) is 0 Å². The number of rotatable bonds is 3. The molecule has 0 radical (unpaired) electrons. The number of amides is 1. The quantitative estimate of drug-likeness (QED) is 0.882. The molecule has 0 spiro atoms. The molecular formula is C14H17NO3. The number of carbonyl (C=O) groups excluding carboxylic acids is 1. The second kappa shape index (κ2) is 5.21. The Morgan fingerprint density at radius 1 is 1.33 bits per heavy atom. The zero-order chi connectivity index (χ0) is 13.1. The standard InChI is InChI=1S/C14H17NO3/c1-10-4-6-11(7-5-10)9-13(16)15-8-2-3-12(15)14(17)18/h4-7,12H,2-3,8-9H2,1H3,(H,17,18)/t12-/m0/s1. The maximum Gasteiger partial charge on any atom is 0.326 e. The third-order valence-corrected chi connectivity index (χ3v) is 3.33. The van der Waals surface area contributed by atoms with Gasteiger partial charge in [-0.3, -0.25) is 4.79 Å². The Hall–Kier alpha value is -1.84. The van der Waals surface area contributed by atoms with E-state index in [0.29, 0.717) is 13.0 Å². The van der Waals surface area contributed by atoms with E-state index in [-0.39, 0.29) is 12.3 Å². The first-order valence-corrected chi connectivity index (χ1v) is 6.16. The van der Waals surface area contributed by atoms with Crippen molar-refractivity contribution >= 4 is 11.9 Å². The Balaban J connectivity index is 2.03. The molecule has 1 heterocycles. The molecule has 0 aromatic heterocycles. The van der Waals surface area contributed by atoms with Crippen LogP contribution in [0.3, 0.4) is 0 Å². The molecule has 1 aliphatic heterocycles. The number of benzene rings is 1. The number of aryl methyl sites for hydroxylation is 1. The van der Waals surface area contributed by atoms with Crippen LogP contribution in [0.15, 0.2) is 24.3 Å². The summed E-state index contributed by atoms with van der Waals surface area (Å²) in [7, 11) is 0. The third-order valence-electron chi connectivity index (χ3n) is 3.33. The number of carboxylic acid groups (broad SMARTS) is 1. The molecule has 1 aromatic rings. The van der Waals surface area contributed by atoms with Crippen LogP contribution in [-0.4, -0.2) is 34.5 Å². The first kappa shape index (κ1) is 12.6. The number of carboxylic acids is 1. The molecule has 0 bridgehead atoms. The first-order valence-electron chi connectivity index (χ1n) is 6.16. The third kappa shape index (κ3) is 2.70. The number of hydrogen-bond acceptors (Lipinski definition) is 2. The van der Waals surface area contributed by atoms with Gasteiger partial charge in [0.2, 0.25) is 5.91 Å². The number of likely N-dealkylation sites (tertiary alicyclic amines) is 1. The molecule has 1 saturated heterocycles. The van der Waals surface area contributed by atoms with Crippen molar-refractivity contribution in [1.29, 1.82) is 0 Å². The van der Waals surface area contributed by atoms with E-state index in [9.17, 15) is 9.59 Å². The van der Waals surface area contributed by atoms with Gasteiger partial charge in [0, 0.05) is 6.54 Å². The van der Waals surface area contributed by atoms with Gasteiger partial charge in [-0.1, -0.05) is 29.8 Å². The van der Waals surface area contributed by atoms with Crippen LogP contribution in [0.25, 0.3) is 0 Å². The predicted octanol–water partition coefficient (Wildman–Crippen LogP) is 1.61. The van der Waals surface area contributed by atoms with Gasteiger partial charge in [0.05, 0.1) is 6.42 Å². The van der Waals surface area contributed by atoms with Gasteiger partial charge in [0.15, 0.2) is 0 Å². The van der Waals surface area contributed by atoms with Crippen molar-refractivity contribution in [1.82, 2.24) is 4.90 Å². The molecule has 1 amide bonds. The highest BCUT2D eigenvalue weighted by Gasteiger charge is 2.33. The van der Waals surface area contributed by atoms with Gasteiger partial charge >= 0.3 is 5.97 Å². The average Bonchev–Trinajstić information content (AvgIpc) is 2.81. The molecule has 0 unspecified atom stereocenters. The maximum absolute atomic E-state index is 12.1. The summed E-state index contributed by atoms with van der Waals surface area (Å²) in [6, 6.07) is 7.11. The maximum atomic E-state index is 12.1. The molecule has 18 heavy (non-hydrogen) atoms. The van der Waals surface area contributed by atoms with E-state index in [0.717, 1.165) is 17.5 Å². The van der Waals surface area contributed by atoms with E-state index < -0.39 is 12.0 Å². The van der Waals surface area contributed by atoms with Gasteiger partial charge in [0.1, 0.15) is 6.04 Å². The van der Waals surface area contributed by atoms with Crippen LogP contribution in [-0.2, 0) is 16.0 Å². The minimum Gasteiger partial charge on any atom is -0.480 e. The number of aliphatic carboxylic acids is 1. The summed E-state index contributed by atoms with van der Waals surface area (Å²) < 4.78 is 0. The zero-order valence-electron chi connectivity index (χ0n) is 10.4. The van der Waals surface area contributed by atoms with Crippen molar-refractivity contribution in [3.8, 4) is 0 Å². The van der Waals surface area contributed by atoms with Crippen LogP contribution >= 0.6 is 0 Å². The topological polar surface area (TPSA) is 57.6 Å². The Morgan fingerprint density at radius 2 is 2.00 bits per heavy atom. The molecule has 1 aliphatic rings. The Kier molecular flexibility index (Phi) is 3.65. The van der Waals surface area contributed by atoms with Gasteiger partial charge in [-0.25, -0.2) is 4.79 Å². The number of nitrogens with zero attached hydrogens (tertiary/aromatic N) is 1. The molecule has 1 fully saturated rings. The van der Waals surface area contributed by atoms with Gasteiger partial charge in [-0.15, -0.1) is 0 Å². The highest BCUT2D eigenvalue weighted by atomic mass is 16.4. The molecule has 2 rings (SSSR count). The van der Waals surface area contributed by atoms with Crippen molar-refractivity contribution < 1.29 is 14.7 Å². The van der Waals surface area contributed by atoms with Crippen LogP contribution in [0.5, 0.6) is 0 Å². The van der Waals surface area contributed by atoms with E-state index in [1.807, 2.05) is 31.2 Å². The van der Waals surface area contributed by atoms with Gasteiger partial charge in [0.25, 0.3) is 0 Å². The summed E-state index contributed by atoms with van der Waals surface area (Å²) in [5.41, 5.74) is 2.08. The molecule has 4 heteroatoms. The summed E-state index contributed by atoms with van der Waals surface area (Å²) >= 11 is 0. The Morgan fingerprint density at radius 3 is 2.61 bits per heavy atom. The van der Waals surface area contributed by atoms with Gasteiger partial charge < -0.3 is 10.0 Å². The van der Waals surface area contributed by atoms with Crippen molar-refractivity contribution in [2.45, 2.75) is 32.2 Å². The van der Waals surface area contributed by atoms with E-state index in [1.54, 1.807) is 0 Å². The minimum atomic E-state index is -0.898. The Bertz CT molecular complexity index is 453. The van der Waals surface area contributed by atoms with Crippen LogP contribution in [0.1, 0.15) is 24.0 Å². The number of carbonyl (C=O) groups is 2. The van der Waals surface area contributed by atoms with Crippen LogP contribution in [0, 0.1) is 6.92 Å². The largest absolute Gasteiger partial charge is 0.480 e. The minimum absolute atomic E-state index is 0.0937. The monoisotopic (exact) mass is 247 g/mol. The van der Waals surface area contributed by atoms with E-state index in [4.69, 9.17) is 5.11 Å². The molecule has 4 nitrogen and oxygen atoms in total. The van der Waals surface area contributed by atoms with Crippen molar-refractivity contribution in [2.75, 3.05) is 6.54 Å². The lowest BCUT2D eigenvalue weighted by Crippen LogP contribution is -2.41. The van der Waals surface area contributed by atoms with Gasteiger partial charge in [-0.05, 0) is 25.3 Å². The molecule has 1 N–H and O–H groups in total. The van der Waals surface area contributed by atoms with E-state index in [1.165, 1.54) is 4.90 Å². The van der Waals surface area contributed by atoms with Crippen molar-refractivity contribution in [2.24, 2.45) is 0 Å². The Labute approximate surface area is 106 Å². The smallest absolute Gasteiger partial charge is 0.326 e. The highest BCUT2D eigenvalue weighted by molar-refractivity contribution is 5.85. The van der Waals surface area contributed by atoms with Crippen LogP contribution < -0.4 is 0 Å². The summed E-state index contributed by atoms with van der Waals surface area (Å²) in [4.78, 5) is 24.6. The molecule has 1 aromatic carbocycles. The molecule has 0 saturated carbocycles. The zero-order valence-corrected chi connectivity index (χ0v) is 10.4. The summed E-state index contributed by atoms with van der Waals surface area (Å²) in [6.45, 7) is 2.55. The lowest BCUT2D eigenvalue weighted by Gasteiger charge is -2.21. The molecule has 1 atom stereocenters. The first-order chi connectivity index (χ1) is 8.58. The van der Waals surface area contributed by atoms with Crippen LogP contribution in [0.2, 0.25) is 0 Å². The highest BCUT2D eigenvalue weighted by Crippen LogP contribution is 2.19. The fourth-order valence-electron chi connectivity index (χ4n) is 2.30. The lowest BCUT2D eigenvalue weighted by molar-refractivity contribution is -0.148. The molecular weight excluding hydrogens is 230 g/mol. The fourth-order valence-corrected chi connectivity index (χ4v) is 2.30. The lowest BCUT2D eigenvalue weighted by atomic mass is 10.1. The number of hydrogen-bond donors (Lipinski definition) is 1. The van der Waals surface area contributed by atoms with E-state index >= 15 is 0 Å². The van der Waals surface area contributed by atoms with Gasteiger partial charge in [-0.2, -0.15) is 0 Å². The predicted molar refractivity (Wildman–Crippen MR) is 67.3 cm³/mol. The van der Waals surface area contributed by atoms with Crippen molar-refractivity contribution in [3.05, 3.63) is 35.4 Å². The molecule has 96 valence electrons. The normalized spacial score (nSPS) is 18.9. The summed E-state index contributed by atoms with van der Waals surface area (Å²) in [5, 5.41) is 9.04. The molecule has 0 aliphatic carbocycles. The second-order valence-electron chi connectivity index (χ2n) is 4.75.